The molecular formula is C13H13N3O2. The first kappa shape index (κ1) is 12.1. The van der Waals surface area contributed by atoms with Gasteiger partial charge in [-0.15, -0.1) is 0 Å². The number of carbonyl (C=O) groups is 1. The summed E-state index contributed by atoms with van der Waals surface area (Å²) in [5.74, 6) is 0.287. The van der Waals surface area contributed by atoms with Crippen molar-refractivity contribution in [1.82, 2.24) is 0 Å². The zero-order valence-corrected chi connectivity index (χ0v) is 10.2. The lowest BCUT2D eigenvalue weighted by Gasteiger charge is -2.22. The van der Waals surface area contributed by atoms with Crippen molar-refractivity contribution in [3.8, 4) is 0 Å². The molecule has 0 saturated carbocycles. The lowest BCUT2D eigenvalue weighted by molar-refractivity contribution is -0.128. The summed E-state index contributed by atoms with van der Waals surface area (Å²) >= 11 is 0. The van der Waals surface area contributed by atoms with E-state index in [0.29, 0.717) is 23.8 Å². The third-order valence-corrected chi connectivity index (χ3v) is 2.71. The Balaban J connectivity index is 2.05. The summed E-state index contributed by atoms with van der Waals surface area (Å²) in [6.45, 7) is 10.6. The van der Waals surface area contributed by atoms with Gasteiger partial charge in [-0.3, -0.25) is 9.79 Å². The summed E-state index contributed by atoms with van der Waals surface area (Å²) in [4.78, 5) is 19.4. The summed E-state index contributed by atoms with van der Waals surface area (Å²) in [7, 11) is 0. The Kier molecular flexibility index (Phi) is 3.02. The quantitative estimate of drug-likeness (QED) is 0.811. The van der Waals surface area contributed by atoms with E-state index in [-0.39, 0.29) is 5.91 Å². The van der Waals surface area contributed by atoms with E-state index in [0.717, 1.165) is 0 Å². The predicted molar refractivity (Wildman–Crippen MR) is 68.8 cm³/mol. The molecular weight excluding hydrogens is 230 g/mol. The van der Waals surface area contributed by atoms with E-state index < -0.39 is 5.60 Å². The number of rotatable bonds is 2. The minimum absolute atomic E-state index is 0.237. The molecule has 1 N–H and O–H groups in total. The average Bonchev–Trinajstić information content (AvgIpc) is 2.71. The van der Waals surface area contributed by atoms with E-state index in [1.807, 2.05) is 0 Å². The molecule has 1 atom stereocenters. The number of carbonyl (C=O) groups excluding carboxylic acids is 1. The molecule has 1 aromatic rings. The lowest BCUT2D eigenvalue weighted by Crippen LogP contribution is -2.43. The van der Waals surface area contributed by atoms with Crippen molar-refractivity contribution in [1.29, 1.82) is 0 Å². The van der Waals surface area contributed by atoms with E-state index >= 15 is 0 Å². The highest BCUT2D eigenvalue weighted by Gasteiger charge is 2.39. The first-order chi connectivity index (χ1) is 8.53. The minimum atomic E-state index is -0.942. The normalized spacial score (nSPS) is 21.7. The molecule has 0 spiro atoms. The number of anilines is 1. The number of aliphatic imine (C=N–C) groups is 1. The van der Waals surface area contributed by atoms with Crippen molar-refractivity contribution in [3.05, 3.63) is 35.7 Å². The Hall–Kier alpha value is -2.35. The number of benzene rings is 1. The van der Waals surface area contributed by atoms with E-state index in [1.165, 1.54) is 0 Å². The molecule has 92 valence electrons. The molecule has 1 heterocycles. The molecule has 18 heavy (non-hydrogen) atoms. The van der Waals surface area contributed by atoms with Crippen LogP contribution < -0.4 is 5.32 Å². The molecule has 1 unspecified atom stereocenters. The Morgan fingerprint density at radius 2 is 2.17 bits per heavy atom. The molecule has 0 saturated heterocycles. The summed E-state index contributed by atoms with van der Waals surface area (Å²) in [5, 5.41) is 2.76. The van der Waals surface area contributed by atoms with E-state index in [9.17, 15) is 4.79 Å². The van der Waals surface area contributed by atoms with Crippen LogP contribution in [-0.2, 0) is 9.53 Å². The molecule has 0 bridgehead atoms. The first-order valence-electron chi connectivity index (χ1n) is 5.52. The number of ether oxygens (including phenoxy) is 1. The Morgan fingerprint density at radius 1 is 1.50 bits per heavy atom. The number of amides is 1. The van der Waals surface area contributed by atoms with Crippen LogP contribution in [0, 0.1) is 6.57 Å². The maximum absolute atomic E-state index is 12.1. The van der Waals surface area contributed by atoms with Gasteiger partial charge in [0.15, 0.2) is 11.6 Å². The number of hydrogen-bond acceptors (Lipinski definition) is 3. The van der Waals surface area contributed by atoms with Crippen LogP contribution in [0.5, 0.6) is 0 Å². The topological polar surface area (TPSA) is 55.0 Å². The van der Waals surface area contributed by atoms with Crippen molar-refractivity contribution in [2.75, 3.05) is 11.9 Å². The van der Waals surface area contributed by atoms with Gasteiger partial charge in [0.25, 0.3) is 5.91 Å². The smallest absolute Gasteiger partial charge is 0.270 e. The number of hydrogen-bond donors (Lipinski definition) is 1. The van der Waals surface area contributed by atoms with Crippen molar-refractivity contribution >= 4 is 23.2 Å². The monoisotopic (exact) mass is 243 g/mol. The average molecular weight is 243 g/mol. The predicted octanol–water partition coefficient (Wildman–Crippen LogP) is 2.38. The van der Waals surface area contributed by atoms with Gasteiger partial charge in [-0.25, -0.2) is 4.85 Å². The molecule has 1 aromatic carbocycles. The van der Waals surface area contributed by atoms with Gasteiger partial charge >= 0.3 is 0 Å². The first-order valence-corrected chi connectivity index (χ1v) is 5.52. The zero-order valence-electron chi connectivity index (χ0n) is 10.2. The summed E-state index contributed by atoms with van der Waals surface area (Å²) in [6.07, 6.45) is 0. The second-order valence-electron chi connectivity index (χ2n) is 4.28. The molecule has 2 rings (SSSR count). The molecule has 5 heteroatoms. The van der Waals surface area contributed by atoms with Crippen LogP contribution in [0.25, 0.3) is 4.85 Å². The molecule has 1 aliphatic rings. The highest BCUT2D eigenvalue weighted by atomic mass is 16.5. The standard InChI is InChI=1S/C13H13N3O2/c1-9-15-8-13(2,18-9)12(17)16-11-6-4-10(14-3)5-7-11/h4-7H,8H2,1-2H3,(H,16,17). The third kappa shape index (κ3) is 2.33. The van der Waals surface area contributed by atoms with Crippen LogP contribution in [0.3, 0.4) is 0 Å². The fraction of sp³-hybridized carbons (Fsp3) is 0.308. The van der Waals surface area contributed by atoms with Gasteiger partial charge in [0.2, 0.25) is 5.60 Å². The Bertz CT molecular complexity index is 542. The summed E-state index contributed by atoms with van der Waals surface area (Å²) < 4.78 is 5.42. The van der Waals surface area contributed by atoms with Crippen LogP contribution in [0.1, 0.15) is 13.8 Å². The van der Waals surface area contributed by atoms with E-state index in [4.69, 9.17) is 11.3 Å². The zero-order chi connectivity index (χ0) is 13.2. The summed E-state index contributed by atoms with van der Waals surface area (Å²) in [5.41, 5.74) is 0.236. The highest BCUT2D eigenvalue weighted by Crippen LogP contribution is 2.22. The van der Waals surface area contributed by atoms with Crippen molar-refractivity contribution in [2.45, 2.75) is 19.4 Å². The molecule has 1 amide bonds. The fourth-order valence-electron chi connectivity index (χ4n) is 1.65. The number of nitrogens with zero attached hydrogens (tertiary/aromatic N) is 2. The fourth-order valence-corrected chi connectivity index (χ4v) is 1.65. The lowest BCUT2D eigenvalue weighted by atomic mass is 10.1. The van der Waals surface area contributed by atoms with Crippen LogP contribution >= 0.6 is 0 Å². The van der Waals surface area contributed by atoms with E-state index in [1.54, 1.807) is 38.1 Å². The maximum Gasteiger partial charge on any atom is 0.270 e. The second-order valence-corrected chi connectivity index (χ2v) is 4.28. The van der Waals surface area contributed by atoms with Crippen molar-refractivity contribution in [2.24, 2.45) is 4.99 Å². The highest BCUT2D eigenvalue weighted by molar-refractivity contribution is 5.99. The molecule has 1 aliphatic heterocycles. The molecule has 0 aromatic heterocycles. The molecule has 0 radical (unpaired) electrons. The van der Waals surface area contributed by atoms with Crippen LogP contribution in [0.4, 0.5) is 11.4 Å². The van der Waals surface area contributed by atoms with Crippen LogP contribution in [0.15, 0.2) is 29.3 Å². The van der Waals surface area contributed by atoms with Crippen molar-refractivity contribution in [3.63, 3.8) is 0 Å². The van der Waals surface area contributed by atoms with Gasteiger partial charge in [0, 0.05) is 12.6 Å². The SMILES string of the molecule is [C-]#[N+]c1ccc(NC(=O)C2(C)CN=C(C)O2)cc1. The van der Waals surface area contributed by atoms with Crippen LogP contribution in [-0.4, -0.2) is 24.0 Å². The second kappa shape index (κ2) is 4.49. The van der Waals surface area contributed by atoms with Crippen molar-refractivity contribution < 1.29 is 9.53 Å². The van der Waals surface area contributed by atoms with Crippen LogP contribution in [0.2, 0.25) is 0 Å². The van der Waals surface area contributed by atoms with E-state index in [2.05, 4.69) is 15.2 Å². The summed E-state index contributed by atoms with van der Waals surface area (Å²) in [6, 6.07) is 6.69. The van der Waals surface area contributed by atoms with Gasteiger partial charge in [0.1, 0.15) is 0 Å². The minimum Gasteiger partial charge on any atom is -0.463 e. The van der Waals surface area contributed by atoms with Gasteiger partial charge in [-0.1, -0.05) is 12.1 Å². The Morgan fingerprint density at radius 3 is 2.67 bits per heavy atom. The van der Waals surface area contributed by atoms with Gasteiger partial charge in [-0.2, -0.15) is 0 Å². The molecule has 5 nitrogen and oxygen atoms in total. The number of nitrogens with one attached hydrogen (secondary N) is 1. The van der Waals surface area contributed by atoms with Gasteiger partial charge in [-0.05, 0) is 19.1 Å². The molecule has 0 aliphatic carbocycles. The van der Waals surface area contributed by atoms with Gasteiger partial charge < -0.3 is 10.1 Å². The third-order valence-electron chi connectivity index (χ3n) is 2.71. The maximum atomic E-state index is 12.1. The molecule has 0 fully saturated rings. The van der Waals surface area contributed by atoms with Gasteiger partial charge in [0.05, 0.1) is 13.1 Å². The largest absolute Gasteiger partial charge is 0.463 e. The Labute approximate surface area is 105 Å².